The summed E-state index contributed by atoms with van der Waals surface area (Å²) in [6.45, 7) is 0.354. The Morgan fingerprint density at radius 1 is 1.36 bits per heavy atom. The van der Waals surface area contributed by atoms with E-state index in [1.165, 1.54) is 28.7 Å². The van der Waals surface area contributed by atoms with Gasteiger partial charge in [0.15, 0.2) is 0 Å². The first-order valence-corrected chi connectivity index (χ1v) is 8.80. The number of rotatable bonds is 4. The third-order valence-corrected chi connectivity index (χ3v) is 5.62. The number of carbonyl (C=O) groups excluding carboxylic acids is 1. The van der Waals surface area contributed by atoms with E-state index in [0.29, 0.717) is 12.6 Å². The van der Waals surface area contributed by atoms with Gasteiger partial charge >= 0.3 is 0 Å². The van der Waals surface area contributed by atoms with Gasteiger partial charge in [-0.1, -0.05) is 0 Å². The van der Waals surface area contributed by atoms with Crippen LogP contribution in [-0.4, -0.2) is 35.5 Å². The maximum absolute atomic E-state index is 12.0. The summed E-state index contributed by atoms with van der Waals surface area (Å²) in [5.41, 5.74) is 1.41. The highest BCUT2D eigenvalue weighted by Crippen LogP contribution is 2.38. The molecule has 1 fully saturated rings. The summed E-state index contributed by atoms with van der Waals surface area (Å²) >= 11 is 1.79. The van der Waals surface area contributed by atoms with Crippen LogP contribution >= 0.6 is 11.3 Å². The van der Waals surface area contributed by atoms with Crippen molar-refractivity contribution in [1.82, 2.24) is 15.3 Å². The van der Waals surface area contributed by atoms with Crippen molar-refractivity contribution in [3.63, 3.8) is 0 Å². The fraction of sp³-hybridized carbons (Fsp3) is 0.562. The number of anilines is 1. The molecule has 2 aliphatic rings. The van der Waals surface area contributed by atoms with Crippen molar-refractivity contribution in [3.8, 4) is 0 Å². The van der Waals surface area contributed by atoms with E-state index in [0.717, 1.165) is 36.3 Å². The Kier molecular flexibility index (Phi) is 3.48. The molecule has 0 aliphatic heterocycles. The van der Waals surface area contributed by atoms with Gasteiger partial charge in [-0.15, -0.1) is 11.3 Å². The fourth-order valence-corrected chi connectivity index (χ4v) is 4.38. The summed E-state index contributed by atoms with van der Waals surface area (Å²) in [6, 6.07) is 0.403. The Morgan fingerprint density at radius 3 is 3.00 bits per heavy atom. The minimum absolute atomic E-state index is 0.0841. The molecule has 4 rings (SSSR count). The van der Waals surface area contributed by atoms with Crippen LogP contribution in [0.4, 0.5) is 5.82 Å². The Hall–Kier alpha value is -1.69. The molecule has 1 saturated carbocycles. The van der Waals surface area contributed by atoms with Crippen molar-refractivity contribution < 1.29 is 4.79 Å². The summed E-state index contributed by atoms with van der Waals surface area (Å²) in [6.07, 6.45) is 8.62. The molecular formula is C16H20N4OS. The van der Waals surface area contributed by atoms with Crippen LogP contribution in [0.3, 0.4) is 0 Å². The SMILES string of the molecule is CN(CC(=O)NC1CC1)c1ncnc2sc3c(c12)CCCC3. The summed E-state index contributed by atoms with van der Waals surface area (Å²) in [4.78, 5) is 25.5. The van der Waals surface area contributed by atoms with Crippen LogP contribution in [0.15, 0.2) is 6.33 Å². The first-order valence-electron chi connectivity index (χ1n) is 7.98. The number of hydrogen-bond donors (Lipinski definition) is 1. The Labute approximate surface area is 133 Å². The maximum Gasteiger partial charge on any atom is 0.239 e. The van der Waals surface area contributed by atoms with Crippen LogP contribution < -0.4 is 10.2 Å². The summed E-state index contributed by atoms with van der Waals surface area (Å²) in [5.74, 6) is 0.983. The molecule has 0 aromatic carbocycles. The van der Waals surface area contributed by atoms with Gasteiger partial charge in [-0.3, -0.25) is 4.79 Å². The largest absolute Gasteiger partial charge is 0.352 e. The smallest absolute Gasteiger partial charge is 0.239 e. The summed E-state index contributed by atoms with van der Waals surface area (Å²) < 4.78 is 0. The van der Waals surface area contributed by atoms with Gasteiger partial charge < -0.3 is 10.2 Å². The topological polar surface area (TPSA) is 58.1 Å². The lowest BCUT2D eigenvalue weighted by atomic mass is 9.97. The highest BCUT2D eigenvalue weighted by atomic mass is 32.1. The molecule has 0 saturated heterocycles. The molecule has 0 spiro atoms. The number of carbonyl (C=O) groups is 1. The Morgan fingerprint density at radius 2 is 2.18 bits per heavy atom. The molecule has 0 bridgehead atoms. The van der Waals surface area contributed by atoms with Crippen molar-refractivity contribution in [1.29, 1.82) is 0 Å². The molecule has 116 valence electrons. The summed E-state index contributed by atoms with van der Waals surface area (Å²) in [5, 5.41) is 4.21. The quantitative estimate of drug-likeness (QED) is 0.940. The lowest BCUT2D eigenvalue weighted by Gasteiger charge is -2.19. The van der Waals surface area contributed by atoms with Gasteiger partial charge in [-0.25, -0.2) is 9.97 Å². The van der Waals surface area contributed by atoms with Gasteiger partial charge in [0, 0.05) is 18.0 Å². The molecule has 2 heterocycles. The van der Waals surface area contributed by atoms with E-state index in [-0.39, 0.29) is 5.91 Å². The van der Waals surface area contributed by atoms with Crippen LogP contribution in [0.1, 0.15) is 36.1 Å². The molecule has 0 unspecified atom stereocenters. The third-order valence-electron chi connectivity index (χ3n) is 4.42. The average Bonchev–Trinajstić information content (AvgIpc) is 3.24. The van der Waals surface area contributed by atoms with Crippen molar-refractivity contribution in [3.05, 3.63) is 16.8 Å². The standard InChI is InChI=1S/C16H20N4OS/c1-20(8-13(21)19-10-6-7-10)15-14-11-4-2-3-5-12(11)22-16(14)18-9-17-15/h9-10H,2-8H2,1H3,(H,19,21). The second kappa shape index (κ2) is 5.50. The van der Waals surface area contributed by atoms with E-state index >= 15 is 0 Å². The third kappa shape index (κ3) is 2.56. The number of aryl methyl sites for hydroxylation is 2. The molecular weight excluding hydrogens is 296 g/mol. The van der Waals surface area contributed by atoms with E-state index in [9.17, 15) is 4.79 Å². The zero-order chi connectivity index (χ0) is 15.1. The molecule has 1 amide bonds. The fourth-order valence-electron chi connectivity index (χ4n) is 3.15. The molecule has 2 aromatic rings. The molecule has 1 N–H and O–H groups in total. The van der Waals surface area contributed by atoms with Crippen molar-refractivity contribution in [2.45, 2.75) is 44.6 Å². The number of thiophene rings is 1. The van der Waals surface area contributed by atoms with Gasteiger partial charge in [0.05, 0.1) is 11.9 Å². The van der Waals surface area contributed by atoms with E-state index < -0.39 is 0 Å². The Balaban J connectivity index is 1.65. The predicted molar refractivity (Wildman–Crippen MR) is 88.5 cm³/mol. The second-order valence-electron chi connectivity index (χ2n) is 6.29. The number of amides is 1. The monoisotopic (exact) mass is 316 g/mol. The first-order chi connectivity index (χ1) is 10.7. The lowest BCUT2D eigenvalue weighted by Crippen LogP contribution is -2.36. The molecule has 0 radical (unpaired) electrons. The molecule has 2 aliphatic carbocycles. The first kappa shape index (κ1) is 13.9. The summed E-state index contributed by atoms with van der Waals surface area (Å²) in [7, 11) is 1.95. The minimum Gasteiger partial charge on any atom is -0.352 e. The van der Waals surface area contributed by atoms with Gasteiger partial charge in [-0.2, -0.15) is 0 Å². The molecule has 0 atom stereocenters. The Bertz CT molecular complexity index is 722. The lowest BCUT2D eigenvalue weighted by molar-refractivity contribution is -0.119. The van der Waals surface area contributed by atoms with Crippen LogP contribution in [0.5, 0.6) is 0 Å². The predicted octanol–water partition coefficient (Wildman–Crippen LogP) is 2.28. The van der Waals surface area contributed by atoms with E-state index in [1.54, 1.807) is 17.7 Å². The van der Waals surface area contributed by atoms with Gasteiger partial charge in [-0.05, 0) is 44.1 Å². The van der Waals surface area contributed by atoms with Gasteiger partial charge in [0.1, 0.15) is 17.0 Å². The van der Waals surface area contributed by atoms with Crippen molar-refractivity contribution >= 4 is 33.3 Å². The zero-order valence-electron chi connectivity index (χ0n) is 12.8. The number of aromatic nitrogens is 2. The number of nitrogens with zero attached hydrogens (tertiary/aromatic N) is 3. The molecule has 6 heteroatoms. The van der Waals surface area contributed by atoms with Crippen molar-refractivity contribution in [2.75, 3.05) is 18.5 Å². The van der Waals surface area contributed by atoms with Crippen LogP contribution in [0.2, 0.25) is 0 Å². The van der Waals surface area contributed by atoms with Crippen LogP contribution in [-0.2, 0) is 17.6 Å². The number of nitrogens with one attached hydrogen (secondary N) is 1. The van der Waals surface area contributed by atoms with Gasteiger partial charge in [0.2, 0.25) is 5.91 Å². The number of fused-ring (bicyclic) bond motifs is 3. The average molecular weight is 316 g/mol. The van der Waals surface area contributed by atoms with Crippen LogP contribution in [0.25, 0.3) is 10.2 Å². The second-order valence-corrected chi connectivity index (χ2v) is 7.37. The van der Waals surface area contributed by atoms with E-state index in [2.05, 4.69) is 15.3 Å². The zero-order valence-corrected chi connectivity index (χ0v) is 13.6. The molecule has 5 nitrogen and oxygen atoms in total. The molecule has 22 heavy (non-hydrogen) atoms. The highest BCUT2D eigenvalue weighted by Gasteiger charge is 2.25. The van der Waals surface area contributed by atoms with Crippen LogP contribution in [0, 0.1) is 0 Å². The van der Waals surface area contributed by atoms with Crippen molar-refractivity contribution in [2.24, 2.45) is 0 Å². The van der Waals surface area contributed by atoms with Gasteiger partial charge in [0.25, 0.3) is 0 Å². The normalized spacial score (nSPS) is 17.3. The minimum atomic E-state index is 0.0841. The van der Waals surface area contributed by atoms with E-state index in [4.69, 9.17) is 0 Å². The highest BCUT2D eigenvalue weighted by molar-refractivity contribution is 7.19. The number of hydrogen-bond acceptors (Lipinski definition) is 5. The van der Waals surface area contributed by atoms with E-state index in [1.807, 2.05) is 11.9 Å². The number of likely N-dealkylation sites (N-methyl/N-ethyl adjacent to an activating group) is 1. The maximum atomic E-state index is 12.0. The molecule has 2 aromatic heterocycles.